The SMILES string of the molecule is O=[N+]([O-])c1cc(CSC2COC2)ccc1Br. The second-order valence-electron chi connectivity index (χ2n) is 3.51. The van der Waals surface area contributed by atoms with E-state index in [-0.39, 0.29) is 10.6 Å². The van der Waals surface area contributed by atoms with Crippen LogP contribution in [0, 0.1) is 10.1 Å². The molecule has 4 nitrogen and oxygen atoms in total. The van der Waals surface area contributed by atoms with E-state index in [0.29, 0.717) is 9.72 Å². The molecule has 1 aliphatic rings. The minimum atomic E-state index is -0.370. The van der Waals surface area contributed by atoms with Crippen molar-refractivity contribution in [3.63, 3.8) is 0 Å². The largest absolute Gasteiger partial charge is 0.379 e. The molecule has 0 atom stereocenters. The van der Waals surface area contributed by atoms with Crippen LogP contribution in [0.3, 0.4) is 0 Å². The molecule has 1 aliphatic heterocycles. The monoisotopic (exact) mass is 303 g/mol. The van der Waals surface area contributed by atoms with Gasteiger partial charge in [0.05, 0.1) is 27.9 Å². The zero-order valence-corrected chi connectivity index (χ0v) is 10.8. The van der Waals surface area contributed by atoms with Crippen molar-refractivity contribution < 1.29 is 9.66 Å². The van der Waals surface area contributed by atoms with Crippen LogP contribution in [0.1, 0.15) is 5.56 Å². The molecule has 0 radical (unpaired) electrons. The lowest BCUT2D eigenvalue weighted by Gasteiger charge is -2.25. The summed E-state index contributed by atoms with van der Waals surface area (Å²) in [6.07, 6.45) is 0. The predicted molar refractivity (Wildman–Crippen MR) is 66.7 cm³/mol. The van der Waals surface area contributed by atoms with Gasteiger partial charge in [0.2, 0.25) is 0 Å². The van der Waals surface area contributed by atoms with E-state index < -0.39 is 0 Å². The van der Waals surface area contributed by atoms with Crippen molar-refractivity contribution in [3.05, 3.63) is 38.3 Å². The lowest BCUT2D eigenvalue weighted by molar-refractivity contribution is -0.385. The van der Waals surface area contributed by atoms with Gasteiger partial charge >= 0.3 is 0 Å². The molecule has 0 amide bonds. The van der Waals surface area contributed by atoms with Crippen LogP contribution < -0.4 is 0 Å². The van der Waals surface area contributed by atoms with E-state index in [2.05, 4.69) is 15.9 Å². The van der Waals surface area contributed by atoms with E-state index >= 15 is 0 Å². The molecule has 2 rings (SSSR count). The predicted octanol–water partition coefficient (Wildman–Crippen LogP) is 2.99. The van der Waals surface area contributed by atoms with Crippen LogP contribution in [0.4, 0.5) is 5.69 Å². The quantitative estimate of drug-likeness (QED) is 0.634. The normalized spacial score (nSPS) is 15.8. The third-order valence-corrected chi connectivity index (χ3v) is 4.21. The number of hydrogen-bond acceptors (Lipinski definition) is 4. The van der Waals surface area contributed by atoms with Gasteiger partial charge in [0.1, 0.15) is 0 Å². The van der Waals surface area contributed by atoms with Crippen molar-refractivity contribution in [2.24, 2.45) is 0 Å². The standard InChI is InChI=1S/C10H10BrNO3S/c11-9-2-1-7(3-10(9)12(13)14)6-16-8-4-15-5-8/h1-3,8H,4-6H2. The summed E-state index contributed by atoms with van der Waals surface area (Å²) in [7, 11) is 0. The van der Waals surface area contributed by atoms with E-state index in [1.807, 2.05) is 6.07 Å². The van der Waals surface area contributed by atoms with Crippen molar-refractivity contribution in [2.75, 3.05) is 13.2 Å². The Morgan fingerprint density at radius 1 is 1.56 bits per heavy atom. The molecule has 0 aliphatic carbocycles. The van der Waals surface area contributed by atoms with Crippen LogP contribution in [-0.4, -0.2) is 23.4 Å². The number of rotatable bonds is 4. The maximum Gasteiger partial charge on any atom is 0.283 e. The molecule has 1 aromatic carbocycles. The number of hydrogen-bond donors (Lipinski definition) is 0. The third kappa shape index (κ3) is 2.75. The Morgan fingerprint density at radius 3 is 2.88 bits per heavy atom. The van der Waals surface area contributed by atoms with E-state index in [0.717, 1.165) is 24.5 Å². The Kier molecular flexibility index (Phi) is 3.83. The number of nitrogens with zero attached hydrogens (tertiary/aromatic N) is 1. The minimum Gasteiger partial charge on any atom is -0.379 e. The average molecular weight is 304 g/mol. The van der Waals surface area contributed by atoms with Crippen LogP contribution in [0.15, 0.2) is 22.7 Å². The maximum absolute atomic E-state index is 10.7. The minimum absolute atomic E-state index is 0.128. The van der Waals surface area contributed by atoms with Gasteiger partial charge in [-0.2, -0.15) is 0 Å². The molecule has 86 valence electrons. The summed E-state index contributed by atoms with van der Waals surface area (Å²) >= 11 is 4.95. The fourth-order valence-corrected chi connectivity index (χ4v) is 2.70. The molecule has 0 aromatic heterocycles. The topological polar surface area (TPSA) is 52.4 Å². The Bertz CT molecular complexity index is 409. The Labute approximate surface area is 106 Å². The van der Waals surface area contributed by atoms with Gasteiger partial charge in [0, 0.05) is 11.8 Å². The number of ether oxygens (including phenoxy) is 1. The second-order valence-corrected chi connectivity index (χ2v) is 5.66. The first-order valence-corrected chi connectivity index (χ1v) is 6.63. The highest BCUT2D eigenvalue weighted by Gasteiger charge is 2.19. The summed E-state index contributed by atoms with van der Waals surface area (Å²) in [5.41, 5.74) is 1.11. The summed E-state index contributed by atoms with van der Waals surface area (Å²) < 4.78 is 5.59. The van der Waals surface area contributed by atoms with Gasteiger partial charge in [0.15, 0.2) is 0 Å². The summed E-state index contributed by atoms with van der Waals surface area (Å²) in [6, 6.07) is 5.26. The fourth-order valence-electron chi connectivity index (χ4n) is 1.31. The van der Waals surface area contributed by atoms with E-state index in [1.165, 1.54) is 0 Å². The molecule has 1 heterocycles. The molecule has 1 saturated heterocycles. The zero-order valence-electron chi connectivity index (χ0n) is 8.39. The van der Waals surface area contributed by atoms with Gasteiger partial charge < -0.3 is 4.74 Å². The van der Waals surface area contributed by atoms with Crippen LogP contribution in [0.5, 0.6) is 0 Å². The summed E-state index contributed by atoms with van der Waals surface area (Å²) in [5.74, 6) is 0.794. The van der Waals surface area contributed by atoms with Crippen molar-refractivity contribution in [2.45, 2.75) is 11.0 Å². The number of halogens is 1. The van der Waals surface area contributed by atoms with E-state index in [4.69, 9.17) is 4.74 Å². The van der Waals surface area contributed by atoms with Gasteiger partial charge in [0.25, 0.3) is 5.69 Å². The molecule has 0 N–H and O–H groups in total. The van der Waals surface area contributed by atoms with Crippen molar-refractivity contribution in [3.8, 4) is 0 Å². The fraction of sp³-hybridized carbons (Fsp3) is 0.400. The third-order valence-electron chi connectivity index (χ3n) is 2.30. The highest BCUT2D eigenvalue weighted by atomic mass is 79.9. The number of benzene rings is 1. The lowest BCUT2D eigenvalue weighted by Crippen LogP contribution is -2.30. The van der Waals surface area contributed by atoms with Gasteiger partial charge in [-0.3, -0.25) is 10.1 Å². The molecule has 0 bridgehead atoms. The van der Waals surface area contributed by atoms with Crippen molar-refractivity contribution in [1.29, 1.82) is 0 Å². The Balaban J connectivity index is 2.03. The lowest BCUT2D eigenvalue weighted by atomic mass is 10.2. The molecule has 0 saturated carbocycles. The zero-order chi connectivity index (χ0) is 11.5. The van der Waals surface area contributed by atoms with Crippen LogP contribution in [-0.2, 0) is 10.5 Å². The van der Waals surface area contributed by atoms with Crippen LogP contribution in [0.25, 0.3) is 0 Å². The van der Waals surface area contributed by atoms with Crippen LogP contribution >= 0.6 is 27.7 Å². The average Bonchev–Trinajstić information content (AvgIpc) is 2.17. The van der Waals surface area contributed by atoms with Gasteiger partial charge in [-0.1, -0.05) is 6.07 Å². The Hall–Kier alpha value is -0.590. The first kappa shape index (κ1) is 11.9. The van der Waals surface area contributed by atoms with Gasteiger partial charge in [-0.25, -0.2) is 0 Å². The second kappa shape index (κ2) is 5.16. The van der Waals surface area contributed by atoms with Crippen LogP contribution in [0.2, 0.25) is 0 Å². The highest BCUT2D eigenvalue weighted by molar-refractivity contribution is 9.10. The van der Waals surface area contributed by atoms with E-state index in [1.54, 1.807) is 23.9 Å². The molecular weight excluding hydrogens is 294 g/mol. The van der Waals surface area contributed by atoms with Crippen molar-refractivity contribution >= 4 is 33.4 Å². The van der Waals surface area contributed by atoms with Gasteiger partial charge in [-0.05, 0) is 27.6 Å². The molecular formula is C10H10BrNO3S. The highest BCUT2D eigenvalue weighted by Crippen LogP contribution is 2.29. The first-order chi connectivity index (χ1) is 7.66. The smallest absolute Gasteiger partial charge is 0.283 e. The van der Waals surface area contributed by atoms with Gasteiger partial charge in [-0.15, -0.1) is 11.8 Å². The first-order valence-electron chi connectivity index (χ1n) is 4.79. The summed E-state index contributed by atoms with van der Waals surface area (Å²) in [5, 5.41) is 11.3. The maximum atomic E-state index is 10.7. The molecule has 0 spiro atoms. The molecule has 1 fully saturated rings. The van der Waals surface area contributed by atoms with E-state index in [9.17, 15) is 10.1 Å². The molecule has 6 heteroatoms. The Morgan fingerprint density at radius 2 is 2.31 bits per heavy atom. The number of thioether (sulfide) groups is 1. The summed E-state index contributed by atoms with van der Waals surface area (Å²) in [6.45, 7) is 1.59. The number of nitro benzene ring substituents is 1. The van der Waals surface area contributed by atoms with Crippen molar-refractivity contribution in [1.82, 2.24) is 0 Å². The summed E-state index contributed by atoms with van der Waals surface area (Å²) in [4.78, 5) is 10.4. The molecule has 0 unspecified atom stereocenters. The molecule has 16 heavy (non-hydrogen) atoms. The molecule has 1 aromatic rings. The number of nitro groups is 1.